The van der Waals surface area contributed by atoms with Crippen molar-refractivity contribution in [3.8, 4) is 0 Å². The Labute approximate surface area is 62.4 Å². The molecule has 0 amide bonds. The molecule has 2 saturated carbocycles. The monoisotopic (exact) mass is 140 g/mol. The zero-order valence-electron chi connectivity index (χ0n) is 6.80. The summed E-state index contributed by atoms with van der Waals surface area (Å²) < 4.78 is 0. The Kier molecular flexibility index (Phi) is 1.17. The minimum atomic E-state index is 0.0220. The molecule has 2 aliphatic rings. The second-order valence-corrected chi connectivity index (χ2v) is 4.51. The molecule has 0 radical (unpaired) electrons. The van der Waals surface area contributed by atoms with Crippen molar-refractivity contribution in [2.45, 2.75) is 39.2 Å². The van der Waals surface area contributed by atoms with Crippen molar-refractivity contribution in [1.82, 2.24) is 0 Å². The Morgan fingerprint density at radius 3 is 2.20 bits per heavy atom. The van der Waals surface area contributed by atoms with Crippen LogP contribution < -0.4 is 0 Å². The van der Waals surface area contributed by atoms with Gasteiger partial charge >= 0.3 is 0 Å². The van der Waals surface area contributed by atoms with Crippen molar-refractivity contribution in [3.05, 3.63) is 0 Å². The van der Waals surface area contributed by atoms with Crippen LogP contribution in [0, 0.1) is 17.3 Å². The van der Waals surface area contributed by atoms with Crippen LogP contribution in [0.25, 0.3) is 0 Å². The Hall–Kier alpha value is -0.0400. The summed E-state index contributed by atoms with van der Waals surface area (Å²) in [7, 11) is 0. The molecule has 0 aromatic carbocycles. The highest BCUT2D eigenvalue weighted by Gasteiger charge is 2.52. The highest BCUT2D eigenvalue weighted by molar-refractivity contribution is 5.02. The zero-order valence-corrected chi connectivity index (χ0v) is 6.80. The molecule has 0 saturated heterocycles. The van der Waals surface area contributed by atoms with E-state index < -0.39 is 0 Å². The van der Waals surface area contributed by atoms with E-state index in [-0.39, 0.29) is 6.10 Å². The molecule has 1 N–H and O–H groups in total. The Bertz CT molecular complexity index is 151. The maximum Gasteiger partial charge on any atom is 0.0576 e. The molecule has 0 aromatic heterocycles. The van der Waals surface area contributed by atoms with Crippen LogP contribution in [0.5, 0.6) is 0 Å². The molecule has 0 unspecified atom stereocenters. The van der Waals surface area contributed by atoms with E-state index in [9.17, 15) is 5.11 Å². The lowest BCUT2D eigenvalue weighted by atomic mass is 9.82. The SMILES string of the molecule is CC1(C)[C@@H]2CC[C@@H]1[C@H](O)C2. The summed E-state index contributed by atoms with van der Waals surface area (Å²) >= 11 is 0. The molecule has 1 nitrogen and oxygen atoms in total. The van der Waals surface area contributed by atoms with Crippen molar-refractivity contribution in [3.63, 3.8) is 0 Å². The second-order valence-electron chi connectivity index (χ2n) is 4.51. The Morgan fingerprint density at radius 1 is 1.30 bits per heavy atom. The fourth-order valence-corrected chi connectivity index (χ4v) is 2.99. The van der Waals surface area contributed by atoms with Gasteiger partial charge in [-0.15, -0.1) is 0 Å². The van der Waals surface area contributed by atoms with Crippen LogP contribution >= 0.6 is 0 Å². The van der Waals surface area contributed by atoms with Crippen molar-refractivity contribution in [1.29, 1.82) is 0 Å². The van der Waals surface area contributed by atoms with Crippen molar-refractivity contribution in [2.24, 2.45) is 17.3 Å². The molecule has 2 rings (SSSR count). The zero-order chi connectivity index (χ0) is 7.35. The van der Waals surface area contributed by atoms with Gasteiger partial charge < -0.3 is 5.11 Å². The molecule has 2 bridgehead atoms. The number of hydrogen-bond acceptors (Lipinski definition) is 1. The van der Waals surface area contributed by atoms with Crippen LogP contribution in [-0.4, -0.2) is 11.2 Å². The lowest BCUT2D eigenvalue weighted by Crippen LogP contribution is -2.22. The van der Waals surface area contributed by atoms with E-state index in [1.165, 1.54) is 12.8 Å². The fourth-order valence-electron chi connectivity index (χ4n) is 2.99. The third-order valence-electron chi connectivity index (χ3n) is 3.82. The summed E-state index contributed by atoms with van der Waals surface area (Å²) in [4.78, 5) is 0. The molecule has 3 atom stereocenters. The van der Waals surface area contributed by atoms with Gasteiger partial charge in [0.25, 0.3) is 0 Å². The predicted octanol–water partition coefficient (Wildman–Crippen LogP) is 1.80. The maximum atomic E-state index is 9.55. The van der Waals surface area contributed by atoms with Crippen molar-refractivity contribution < 1.29 is 5.11 Å². The Balaban J connectivity index is 2.27. The van der Waals surface area contributed by atoms with E-state index in [1.54, 1.807) is 0 Å². The first-order valence-electron chi connectivity index (χ1n) is 4.30. The van der Waals surface area contributed by atoms with E-state index in [0.29, 0.717) is 11.3 Å². The molecule has 0 aromatic rings. The van der Waals surface area contributed by atoms with Crippen molar-refractivity contribution in [2.75, 3.05) is 0 Å². The predicted molar refractivity (Wildman–Crippen MR) is 40.6 cm³/mol. The van der Waals surface area contributed by atoms with Crippen LogP contribution in [0.4, 0.5) is 0 Å². The normalized spacial score (nSPS) is 50.1. The number of fused-ring (bicyclic) bond motifs is 2. The average molecular weight is 140 g/mol. The first-order chi connectivity index (χ1) is 4.62. The summed E-state index contributed by atoms with van der Waals surface area (Å²) in [5, 5.41) is 9.55. The molecule has 0 spiro atoms. The molecule has 0 heterocycles. The van der Waals surface area contributed by atoms with E-state index in [0.717, 1.165) is 12.3 Å². The first-order valence-corrected chi connectivity index (χ1v) is 4.30. The molecule has 1 heteroatoms. The van der Waals surface area contributed by atoms with E-state index in [2.05, 4.69) is 13.8 Å². The van der Waals surface area contributed by atoms with Gasteiger partial charge in [-0.2, -0.15) is 0 Å². The van der Waals surface area contributed by atoms with Gasteiger partial charge in [-0.1, -0.05) is 13.8 Å². The van der Waals surface area contributed by atoms with Gasteiger partial charge in [0.2, 0.25) is 0 Å². The summed E-state index contributed by atoms with van der Waals surface area (Å²) in [6, 6.07) is 0. The van der Waals surface area contributed by atoms with Gasteiger partial charge in [0.15, 0.2) is 0 Å². The summed E-state index contributed by atoms with van der Waals surface area (Å²) in [6.07, 6.45) is 3.71. The molecule has 0 aliphatic heterocycles. The average Bonchev–Trinajstić information content (AvgIpc) is 2.20. The first kappa shape index (κ1) is 6.66. The highest BCUT2D eigenvalue weighted by atomic mass is 16.3. The number of hydrogen-bond donors (Lipinski definition) is 1. The number of rotatable bonds is 0. The summed E-state index contributed by atoms with van der Waals surface area (Å²) in [5.74, 6) is 1.42. The Morgan fingerprint density at radius 2 is 2.00 bits per heavy atom. The van der Waals surface area contributed by atoms with Gasteiger partial charge in [0.05, 0.1) is 6.10 Å². The van der Waals surface area contributed by atoms with E-state index in [1.807, 2.05) is 0 Å². The minimum Gasteiger partial charge on any atom is -0.393 e. The molecule has 2 fully saturated rings. The lowest BCUT2D eigenvalue weighted by Gasteiger charge is -2.24. The molecular weight excluding hydrogens is 124 g/mol. The summed E-state index contributed by atoms with van der Waals surface area (Å²) in [6.45, 7) is 4.62. The highest BCUT2D eigenvalue weighted by Crippen LogP contribution is 2.57. The molecule has 2 aliphatic carbocycles. The smallest absolute Gasteiger partial charge is 0.0576 e. The summed E-state index contributed by atoms with van der Waals surface area (Å²) in [5.41, 5.74) is 0.444. The third-order valence-corrected chi connectivity index (χ3v) is 3.82. The second kappa shape index (κ2) is 1.76. The van der Waals surface area contributed by atoms with E-state index >= 15 is 0 Å². The molecular formula is C9H16O. The quantitative estimate of drug-likeness (QED) is 0.544. The van der Waals surface area contributed by atoms with E-state index in [4.69, 9.17) is 0 Å². The topological polar surface area (TPSA) is 20.2 Å². The minimum absolute atomic E-state index is 0.0220. The number of aliphatic hydroxyl groups is 1. The van der Waals surface area contributed by atoms with Gasteiger partial charge in [-0.25, -0.2) is 0 Å². The van der Waals surface area contributed by atoms with Gasteiger partial charge in [-0.05, 0) is 36.5 Å². The van der Waals surface area contributed by atoms with Gasteiger partial charge in [0, 0.05) is 0 Å². The standard InChI is InChI=1S/C9H16O/c1-9(2)6-3-4-7(9)8(10)5-6/h6-8,10H,3-5H2,1-2H3/t6-,7-,8-/m1/s1. The van der Waals surface area contributed by atoms with Crippen LogP contribution in [0.2, 0.25) is 0 Å². The largest absolute Gasteiger partial charge is 0.393 e. The maximum absolute atomic E-state index is 9.55. The van der Waals surface area contributed by atoms with Crippen LogP contribution in [0.3, 0.4) is 0 Å². The van der Waals surface area contributed by atoms with Crippen LogP contribution in [0.15, 0.2) is 0 Å². The lowest BCUT2D eigenvalue weighted by molar-refractivity contribution is 0.0949. The van der Waals surface area contributed by atoms with Gasteiger partial charge in [0.1, 0.15) is 0 Å². The fraction of sp³-hybridized carbons (Fsp3) is 1.00. The number of aliphatic hydroxyl groups excluding tert-OH is 1. The molecule has 10 heavy (non-hydrogen) atoms. The van der Waals surface area contributed by atoms with Crippen LogP contribution in [0.1, 0.15) is 33.1 Å². The molecule has 58 valence electrons. The van der Waals surface area contributed by atoms with Crippen molar-refractivity contribution >= 4 is 0 Å². The third kappa shape index (κ3) is 0.619. The van der Waals surface area contributed by atoms with Crippen LogP contribution in [-0.2, 0) is 0 Å². The van der Waals surface area contributed by atoms with Gasteiger partial charge in [-0.3, -0.25) is 0 Å².